The minimum Gasteiger partial charge on any atom is -0.383 e. The number of hydrogen-bond acceptors (Lipinski definition) is 4. The predicted octanol–water partition coefficient (Wildman–Crippen LogP) is 5.48. The lowest BCUT2D eigenvalue weighted by Gasteiger charge is -2.29. The molecular formula is C26H25F2N5O. The van der Waals surface area contributed by atoms with Crippen LogP contribution >= 0.6 is 0 Å². The molecule has 2 aromatic heterocycles. The van der Waals surface area contributed by atoms with Gasteiger partial charge in [0.15, 0.2) is 0 Å². The standard InChI is InChI=1S/C26H25F2N5O/c27-26(28)10-8-18(9-11-26)33-13-21(22-23(29)30-14-31-24(22)33)16-4-7-19-15(12-16)2-1-3-20(19)25(34)32-17-5-6-17/h1-4,7,12-14,17-18H,5-6,8-11H2,(H,32,34)(H2,29,30,31). The normalized spacial score (nSPS) is 18.4. The van der Waals surface area contributed by atoms with Gasteiger partial charge in [-0.25, -0.2) is 18.7 Å². The zero-order chi connectivity index (χ0) is 23.4. The van der Waals surface area contributed by atoms with E-state index in [2.05, 4.69) is 15.3 Å². The number of nitrogen functional groups attached to an aromatic ring is 1. The molecule has 2 aliphatic rings. The molecule has 2 fully saturated rings. The molecule has 2 saturated carbocycles. The van der Waals surface area contributed by atoms with Gasteiger partial charge in [-0.15, -0.1) is 0 Å². The monoisotopic (exact) mass is 461 g/mol. The van der Waals surface area contributed by atoms with Gasteiger partial charge in [0.25, 0.3) is 5.91 Å². The number of nitrogens with one attached hydrogen (secondary N) is 1. The number of benzene rings is 2. The second-order valence-electron chi connectivity index (χ2n) is 9.48. The number of fused-ring (bicyclic) bond motifs is 2. The molecule has 1 amide bonds. The second kappa shape index (κ2) is 7.75. The van der Waals surface area contributed by atoms with Gasteiger partial charge in [-0.2, -0.15) is 0 Å². The zero-order valence-corrected chi connectivity index (χ0v) is 18.6. The molecule has 0 unspecified atom stereocenters. The highest BCUT2D eigenvalue weighted by Crippen LogP contribution is 2.42. The predicted molar refractivity (Wildman–Crippen MR) is 128 cm³/mol. The molecule has 2 aromatic carbocycles. The first-order valence-corrected chi connectivity index (χ1v) is 11.7. The highest BCUT2D eigenvalue weighted by molar-refractivity contribution is 6.09. The van der Waals surface area contributed by atoms with Crippen LogP contribution in [0.2, 0.25) is 0 Å². The summed E-state index contributed by atoms with van der Waals surface area (Å²) in [4.78, 5) is 21.4. The lowest BCUT2D eigenvalue weighted by atomic mass is 9.92. The smallest absolute Gasteiger partial charge is 0.252 e. The minimum atomic E-state index is -2.60. The summed E-state index contributed by atoms with van der Waals surface area (Å²) in [7, 11) is 0. The molecule has 0 bridgehead atoms. The van der Waals surface area contributed by atoms with Crippen LogP contribution in [-0.4, -0.2) is 32.4 Å². The maximum absolute atomic E-state index is 13.8. The van der Waals surface area contributed by atoms with Gasteiger partial charge >= 0.3 is 0 Å². The summed E-state index contributed by atoms with van der Waals surface area (Å²) in [6.45, 7) is 0. The van der Waals surface area contributed by atoms with Crippen molar-refractivity contribution in [2.75, 3.05) is 5.73 Å². The average molecular weight is 462 g/mol. The topological polar surface area (TPSA) is 85.8 Å². The Morgan fingerprint density at radius 1 is 1.09 bits per heavy atom. The number of alkyl halides is 2. The van der Waals surface area contributed by atoms with Crippen LogP contribution in [0, 0.1) is 0 Å². The van der Waals surface area contributed by atoms with Crippen molar-refractivity contribution in [1.82, 2.24) is 19.9 Å². The number of carbonyl (C=O) groups is 1. The summed E-state index contributed by atoms with van der Waals surface area (Å²) in [5.74, 6) is -2.29. The molecule has 8 heteroatoms. The maximum atomic E-state index is 13.8. The zero-order valence-electron chi connectivity index (χ0n) is 18.6. The largest absolute Gasteiger partial charge is 0.383 e. The van der Waals surface area contributed by atoms with Crippen molar-refractivity contribution < 1.29 is 13.6 Å². The maximum Gasteiger partial charge on any atom is 0.252 e. The molecule has 0 saturated heterocycles. The van der Waals surface area contributed by atoms with E-state index >= 15 is 0 Å². The van der Waals surface area contributed by atoms with Crippen molar-refractivity contribution >= 4 is 33.5 Å². The number of rotatable bonds is 4. The summed E-state index contributed by atoms with van der Waals surface area (Å²) in [6, 6.07) is 11.9. The third-order valence-corrected chi connectivity index (χ3v) is 7.07. The Morgan fingerprint density at radius 2 is 1.88 bits per heavy atom. The van der Waals surface area contributed by atoms with E-state index in [0.29, 0.717) is 29.9 Å². The first-order valence-electron chi connectivity index (χ1n) is 11.7. The van der Waals surface area contributed by atoms with E-state index in [1.807, 2.05) is 47.2 Å². The summed E-state index contributed by atoms with van der Waals surface area (Å²) >= 11 is 0. The summed E-state index contributed by atoms with van der Waals surface area (Å²) in [5.41, 5.74) is 9.37. The summed E-state index contributed by atoms with van der Waals surface area (Å²) in [6.07, 6.45) is 5.97. The van der Waals surface area contributed by atoms with Gasteiger partial charge in [-0.1, -0.05) is 24.3 Å². The first-order chi connectivity index (χ1) is 16.4. The van der Waals surface area contributed by atoms with Gasteiger partial charge < -0.3 is 15.6 Å². The molecule has 0 spiro atoms. The third-order valence-electron chi connectivity index (χ3n) is 7.07. The van der Waals surface area contributed by atoms with Crippen LogP contribution in [-0.2, 0) is 0 Å². The second-order valence-corrected chi connectivity index (χ2v) is 9.48. The number of anilines is 1. The van der Waals surface area contributed by atoms with E-state index in [4.69, 9.17) is 5.73 Å². The van der Waals surface area contributed by atoms with E-state index < -0.39 is 5.92 Å². The van der Waals surface area contributed by atoms with Crippen LogP contribution in [0.1, 0.15) is 54.9 Å². The van der Waals surface area contributed by atoms with Gasteiger partial charge in [0, 0.05) is 42.2 Å². The van der Waals surface area contributed by atoms with Crippen molar-refractivity contribution in [3.8, 4) is 11.1 Å². The number of nitrogens with zero attached hydrogens (tertiary/aromatic N) is 3. The third kappa shape index (κ3) is 3.67. The number of amides is 1. The van der Waals surface area contributed by atoms with Crippen LogP contribution in [0.3, 0.4) is 0 Å². The fourth-order valence-electron chi connectivity index (χ4n) is 5.05. The van der Waals surface area contributed by atoms with Gasteiger partial charge in [0.05, 0.1) is 5.39 Å². The molecule has 34 heavy (non-hydrogen) atoms. The van der Waals surface area contributed by atoms with Gasteiger partial charge in [-0.05, 0) is 54.2 Å². The van der Waals surface area contributed by atoms with E-state index in [1.54, 1.807) is 0 Å². The highest BCUT2D eigenvalue weighted by atomic mass is 19.3. The molecular weight excluding hydrogens is 436 g/mol. The summed E-state index contributed by atoms with van der Waals surface area (Å²) < 4.78 is 29.5. The molecule has 4 aromatic rings. The molecule has 2 heterocycles. The Kier molecular flexibility index (Phi) is 4.79. The van der Waals surface area contributed by atoms with Crippen molar-refractivity contribution in [2.45, 2.75) is 56.5 Å². The Bertz CT molecular complexity index is 1420. The Labute approximate surface area is 195 Å². The van der Waals surface area contributed by atoms with Crippen LogP contribution in [0.15, 0.2) is 48.9 Å². The Hall–Kier alpha value is -3.55. The number of hydrogen-bond donors (Lipinski definition) is 2. The van der Waals surface area contributed by atoms with Crippen LogP contribution < -0.4 is 11.1 Å². The molecule has 0 radical (unpaired) electrons. The van der Waals surface area contributed by atoms with Crippen molar-refractivity contribution in [1.29, 1.82) is 0 Å². The molecule has 174 valence electrons. The van der Waals surface area contributed by atoms with Crippen molar-refractivity contribution in [2.24, 2.45) is 0 Å². The van der Waals surface area contributed by atoms with E-state index in [9.17, 15) is 13.6 Å². The number of nitrogens with two attached hydrogens (primary N) is 1. The van der Waals surface area contributed by atoms with E-state index in [1.165, 1.54) is 6.33 Å². The van der Waals surface area contributed by atoms with E-state index in [-0.39, 0.29) is 30.8 Å². The number of halogens is 2. The number of aromatic nitrogens is 3. The average Bonchev–Trinajstić information content (AvgIpc) is 3.55. The van der Waals surface area contributed by atoms with E-state index in [0.717, 1.165) is 40.1 Å². The van der Waals surface area contributed by atoms with Crippen LogP contribution in [0.4, 0.5) is 14.6 Å². The van der Waals surface area contributed by atoms with Crippen molar-refractivity contribution in [3.63, 3.8) is 0 Å². The van der Waals surface area contributed by atoms with Gasteiger partial charge in [0.2, 0.25) is 5.92 Å². The van der Waals surface area contributed by atoms with Crippen molar-refractivity contribution in [3.05, 3.63) is 54.5 Å². The Morgan fingerprint density at radius 3 is 2.65 bits per heavy atom. The van der Waals surface area contributed by atoms with Gasteiger partial charge in [-0.3, -0.25) is 4.79 Å². The first kappa shape index (κ1) is 21.0. The lowest BCUT2D eigenvalue weighted by molar-refractivity contribution is -0.0436. The molecule has 0 atom stereocenters. The lowest BCUT2D eigenvalue weighted by Crippen LogP contribution is -2.26. The van der Waals surface area contributed by atoms with Gasteiger partial charge in [0.1, 0.15) is 17.8 Å². The molecule has 6 rings (SSSR count). The fourth-order valence-corrected chi connectivity index (χ4v) is 5.05. The molecule has 6 nitrogen and oxygen atoms in total. The molecule has 2 aliphatic carbocycles. The molecule has 0 aliphatic heterocycles. The summed E-state index contributed by atoms with van der Waals surface area (Å²) in [5, 5.41) is 5.60. The van der Waals surface area contributed by atoms with Crippen LogP contribution in [0.5, 0.6) is 0 Å². The fraction of sp³-hybridized carbons (Fsp3) is 0.346. The SMILES string of the molecule is Nc1ncnc2c1c(-c1ccc3c(C(=O)NC4CC4)cccc3c1)cn2C1CCC(F)(F)CC1. The quantitative estimate of drug-likeness (QED) is 0.422. The number of carbonyl (C=O) groups excluding carboxylic acids is 1. The highest BCUT2D eigenvalue weighted by Gasteiger charge is 2.36. The van der Waals surface area contributed by atoms with Crippen LogP contribution in [0.25, 0.3) is 32.9 Å². The molecule has 3 N–H and O–H groups in total. The minimum absolute atomic E-state index is 0.0517. The Balaban J connectivity index is 1.43.